The Morgan fingerprint density at radius 2 is 2.13 bits per heavy atom. The van der Waals surface area contributed by atoms with E-state index in [0.717, 1.165) is 0 Å². The molecule has 0 unspecified atom stereocenters. The molecular formula is C11H14N2O2. The Morgan fingerprint density at radius 3 is 2.73 bits per heavy atom. The fraction of sp³-hybridized carbons (Fsp3) is 0.455. The zero-order valence-electron chi connectivity index (χ0n) is 8.47. The van der Waals surface area contributed by atoms with Crippen molar-refractivity contribution in [1.29, 1.82) is 0 Å². The molecule has 1 fully saturated rings. The van der Waals surface area contributed by atoms with Crippen LogP contribution in [0.4, 0.5) is 0 Å². The third-order valence-corrected chi connectivity index (χ3v) is 2.64. The number of pyridine rings is 1. The Labute approximate surface area is 88.6 Å². The highest BCUT2D eigenvalue weighted by atomic mass is 16.3. The minimum absolute atomic E-state index is 0.0394. The van der Waals surface area contributed by atoms with Gasteiger partial charge in [0, 0.05) is 19.3 Å². The van der Waals surface area contributed by atoms with Crippen LogP contribution in [-0.4, -0.2) is 40.1 Å². The summed E-state index contributed by atoms with van der Waals surface area (Å²) >= 11 is 0. The first kappa shape index (κ1) is 10.1. The summed E-state index contributed by atoms with van der Waals surface area (Å²) in [5.74, 6) is -0.0394. The SMILES string of the molecule is O=C(c1ccccn1)N1CCC(O)CC1. The van der Waals surface area contributed by atoms with E-state index >= 15 is 0 Å². The largest absolute Gasteiger partial charge is 0.393 e. The zero-order valence-corrected chi connectivity index (χ0v) is 8.47. The summed E-state index contributed by atoms with van der Waals surface area (Å²) in [4.78, 5) is 17.7. The van der Waals surface area contributed by atoms with Gasteiger partial charge in [-0.3, -0.25) is 9.78 Å². The number of aliphatic hydroxyl groups excluding tert-OH is 1. The monoisotopic (exact) mass is 206 g/mol. The smallest absolute Gasteiger partial charge is 0.272 e. The topological polar surface area (TPSA) is 53.4 Å². The van der Waals surface area contributed by atoms with Gasteiger partial charge in [-0.1, -0.05) is 6.07 Å². The maximum atomic E-state index is 11.9. The molecule has 1 aliphatic heterocycles. The van der Waals surface area contributed by atoms with Crippen molar-refractivity contribution in [2.45, 2.75) is 18.9 Å². The van der Waals surface area contributed by atoms with Crippen LogP contribution in [-0.2, 0) is 0 Å². The number of nitrogens with zero attached hydrogens (tertiary/aromatic N) is 2. The van der Waals surface area contributed by atoms with Crippen molar-refractivity contribution in [1.82, 2.24) is 9.88 Å². The van der Waals surface area contributed by atoms with Crippen LogP contribution in [0.3, 0.4) is 0 Å². The van der Waals surface area contributed by atoms with Crippen molar-refractivity contribution in [3.05, 3.63) is 30.1 Å². The Kier molecular flexibility index (Phi) is 2.97. The van der Waals surface area contributed by atoms with Crippen LogP contribution >= 0.6 is 0 Å². The van der Waals surface area contributed by atoms with Crippen LogP contribution in [0.1, 0.15) is 23.3 Å². The predicted molar refractivity (Wildman–Crippen MR) is 55.4 cm³/mol. The average molecular weight is 206 g/mol. The summed E-state index contributed by atoms with van der Waals surface area (Å²) in [6.07, 6.45) is 2.70. The minimum atomic E-state index is -0.252. The number of amides is 1. The Hall–Kier alpha value is -1.42. The third-order valence-electron chi connectivity index (χ3n) is 2.64. The molecule has 0 bridgehead atoms. The normalized spacial score (nSPS) is 17.8. The van der Waals surface area contributed by atoms with E-state index in [0.29, 0.717) is 31.6 Å². The number of hydrogen-bond acceptors (Lipinski definition) is 3. The molecule has 1 amide bonds. The first-order valence-corrected chi connectivity index (χ1v) is 5.16. The average Bonchev–Trinajstić information content (AvgIpc) is 2.30. The van der Waals surface area contributed by atoms with Gasteiger partial charge in [0.2, 0.25) is 0 Å². The number of likely N-dealkylation sites (tertiary alicyclic amines) is 1. The van der Waals surface area contributed by atoms with Crippen molar-refractivity contribution < 1.29 is 9.90 Å². The number of hydrogen-bond donors (Lipinski definition) is 1. The zero-order chi connectivity index (χ0) is 10.7. The van der Waals surface area contributed by atoms with Gasteiger partial charge in [0.1, 0.15) is 5.69 Å². The number of aliphatic hydroxyl groups is 1. The number of piperidine rings is 1. The van der Waals surface area contributed by atoms with Crippen molar-refractivity contribution in [2.24, 2.45) is 0 Å². The van der Waals surface area contributed by atoms with Crippen LogP contribution in [0.25, 0.3) is 0 Å². The summed E-state index contributed by atoms with van der Waals surface area (Å²) < 4.78 is 0. The second-order valence-corrected chi connectivity index (χ2v) is 3.74. The molecule has 0 saturated carbocycles. The van der Waals surface area contributed by atoms with Gasteiger partial charge in [-0.15, -0.1) is 0 Å². The van der Waals surface area contributed by atoms with Crippen molar-refractivity contribution >= 4 is 5.91 Å². The lowest BCUT2D eigenvalue weighted by Gasteiger charge is -2.29. The molecule has 80 valence electrons. The molecule has 1 aliphatic rings. The lowest BCUT2D eigenvalue weighted by atomic mass is 10.1. The second-order valence-electron chi connectivity index (χ2n) is 3.74. The number of carbonyl (C=O) groups is 1. The Bertz CT molecular complexity index is 332. The fourth-order valence-electron chi connectivity index (χ4n) is 1.72. The van der Waals surface area contributed by atoms with Crippen molar-refractivity contribution in [3.8, 4) is 0 Å². The molecule has 1 aromatic heterocycles. The van der Waals surface area contributed by atoms with Gasteiger partial charge in [0.15, 0.2) is 0 Å². The quantitative estimate of drug-likeness (QED) is 0.735. The molecular weight excluding hydrogens is 192 g/mol. The van der Waals surface area contributed by atoms with Crippen molar-refractivity contribution in [2.75, 3.05) is 13.1 Å². The highest BCUT2D eigenvalue weighted by Crippen LogP contribution is 2.12. The third kappa shape index (κ3) is 2.33. The summed E-state index contributed by atoms with van der Waals surface area (Å²) in [6.45, 7) is 1.24. The van der Waals surface area contributed by atoms with E-state index in [-0.39, 0.29) is 12.0 Å². The molecule has 1 aromatic rings. The van der Waals surface area contributed by atoms with Crippen LogP contribution < -0.4 is 0 Å². The Balaban J connectivity index is 2.03. The van der Waals surface area contributed by atoms with Gasteiger partial charge >= 0.3 is 0 Å². The number of carbonyl (C=O) groups excluding carboxylic acids is 1. The van der Waals surface area contributed by atoms with Crippen molar-refractivity contribution in [3.63, 3.8) is 0 Å². The molecule has 1 saturated heterocycles. The van der Waals surface area contributed by atoms with Crippen LogP contribution in [0.15, 0.2) is 24.4 Å². The summed E-state index contributed by atoms with van der Waals surface area (Å²) in [5, 5.41) is 9.33. The van der Waals surface area contributed by atoms with Gasteiger partial charge in [0.25, 0.3) is 5.91 Å². The molecule has 1 N–H and O–H groups in total. The number of aromatic nitrogens is 1. The molecule has 0 aromatic carbocycles. The van der Waals surface area contributed by atoms with E-state index in [9.17, 15) is 9.90 Å². The maximum Gasteiger partial charge on any atom is 0.272 e. The second kappa shape index (κ2) is 4.40. The summed E-state index contributed by atoms with van der Waals surface area (Å²) in [5.41, 5.74) is 0.480. The van der Waals surface area contributed by atoms with E-state index < -0.39 is 0 Å². The molecule has 4 heteroatoms. The minimum Gasteiger partial charge on any atom is -0.393 e. The molecule has 0 radical (unpaired) electrons. The number of rotatable bonds is 1. The standard InChI is InChI=1S/C11H14N2O2/c14-9-4-7-13(8-5-9)11(15)10-3-1-2-6-12-10/h1-3,6,9,14H,4-5,7-8H2. The van der Waals surface area contributed by atoms with Gasteiger partial charge in [0.05, 0.1) is 6.10 Å². The van der Waals surface area contributed by atoms with E-state index in [2.05, 4.69) is 4.98 Å². The first-order valence-electron chi connectivity index (χ1n) is 5.16. The van der Waals surface area contributed by atoms with Crippen LogP contribution in [0, 0.1) is 0 Å². The summed E-state index contributed by atoms with van der Waals surface area (Å²) in [6, 6.07) is 5.31. The van der Waals surface area contributed by atoms with E-state index in [1.54, 1.807) is 29.3 Å². The fourth-order valence-corrected chi connectivity index (χ4v) is 1.72. The molecule has 0 aliphatic carbocycles. The molecule has 2 rings (SSSR count). The summed E-state index contributed by atoms with van der Waals surface area (Å²) in [7, 11) is 0. The molecule has 2 heterocycles. The maximum absolute atomic E-state index is 11.9. The molecule has 0 atom stereocenters. The van der Waals surface area contributed by atoms with Gasteiger partial charge in [-0.25, -0.2) is 0 Å². The Morgan fingerprint density at radius 1 is 1.40 bits per heavy atom. The van der Waals surface area contributed by atoms with Crippen LogP contribution in [0.5, 0.6) is 0 Å². The van der Waals surface area contributed by atoms with Gasteiger partial charge in [-0.2, -0.15) is 0 Å². The van der Waals surface area contributed by atoms with Gasteiger partial charge < -0.3 is 10.0 Å². The van der Waals surface area contributed by atoms with E-state index in [1.807, 2.05) is 0 Å². The predicted octanol–water partition coefficient (Wildman–Crippen LogP) is 0.678. The lowest BCUT2D eigenvalue weighted by molar-refractivity contribution is 0.0541. The van der Waals surface area contributed by atoms with Crippen LogP contribution in [0.2, 0.25) is 0 Å². The highest BCUT2D eigenvalue weighted by molar-refractivity contribution is 5.92. The molecule has 15 heavy (non-hydrogen) atoms. The van der Waals surface area contributed by atoms with E-state index in [4.69, 9.17) is 0 Å². The van der Waals surface area contributed by atoms with E-state index in [1.165, 1.54) is 0 Å². The lowest BCUT2D eigenvalue weighted by Crippen LogP contribution is -2.40. The first-order chi connectivity index (χ1) is 7.27. The van der Waals surface area contributed by atoms with Gasteiger partial charge in [-0.05, 0) is 25.0 Å². The molecule has 0 spiro atoms. The highest BCUT2D eigenvalue weighted by Gasteiger charge is 2.22. The molecule has 4 nitrogen and oxygen atoms in total.